The van der Waals surface area contributed by atoms with Gasteiger partial charge in [-0.1, -0.05) is 35.3 Å². The summed E-state index contributed by atoms with van der Waals surface area (Å²) in [5, 5.41) is 0. The number of aryl methyl sites for hydroxylation is 1. The Labute approximate surface area is 217 Å². The van der Waals surface area contributed by atoms with E-state index in [2.05, 4.69) is 15.0 Å². The highest BCUT2D eigenvalue weighted by molar-refractivity contribution is 7.51. The number of hydrogen-bond acceptors (Lipinski definition) is 9. The van der Waals surface area contributed by atoms with Crippen molar-refractivity contribution in [1.82, 2.24) is 23.9 Å². The molecule has 14 nitrogen and oxygen atoms in total. The average Bonchev–Trinajstić information content (AvgIpc) is 3.68. The lowest BCUT2D eigenvalue weighted by Crippen LogP contribution is -2.46. The number of nitrogens with zero attached hydrogens (tertiary/aromatic N) is 6. The summed E-state index contributed by atoms with van der Waals surface area (Å²) in [6.07, 6.45) is 2.86. The molecule has 3 aromatic heterocycles. The SMILES string of the molecule is CN(C)c1nc2c(c(=O)[nH]1)n(C)c[n+]2[C@@H]1O[C@H](COP(=O)(O)n2ccnc2)[C@H]2OB(c3ccccc3)O[C@H]21. The van der Waals surface area contributed by atoms with Crippen LogP contribution < -0.4 is 20.5 Å². The number of ether oxygens (including phenoxy) is 1. The summed E-state index contributed by atoms with van der Waals surface area (Å²) in [5.41, 5.74) is 1.26. The largest absolute Gasteiger partial charge is 0.494 e. The maximum atomic E-state index is 12.9. The molecule has 2 fully saturated rings. The molecule has 5 heterocycles. The average molecular weight is 542 g/mol. The number of rotatable bonds is 7. The van der Waals surface area contributed by atoms with Crippen LogP contribution in [0.3, 0.4) is 0 Å². The first-order valence-corrected chi connectivity index (χ1v) is 13.4. The minimum atomic E-state index is -4.21. The zero-order valence-electron chi connectivity index (χ0n) is 20.8. The normalized spacial score (nSPS) is 24.6. The van der Waals surface area contributed by atoms with Crippen molar-refractivity contribution in [2.75, 3.05) is 25.6 Å². The van der Waals surface area contributed by atoms with Gasteiger partial charge in [-0.2, -0.15) is 0 Å². The fourth-order valence-electron chi connectivity index (χ4n) is 4.74. The number of hydrogen-bond donors (Lipinski definition) is 2. The van der Waals surface area contributed by atoms with Crippen molar-refractivity contribution >= 4 is 37.4 Å². The van der Waals surface area contributed by atoms with Crippen molar-refractivity contribution in [3.05, 3.63) is 65.7 Å². The number of benzene rings is 1. The Kier molecular flexibility index (Phi) is 6.21. The summed E-state index contributed by atoms with van der Waals surface area (Å²) in [5.74, 6) is 0.379. The number of aromatic nitrogens is 6. The van der Waals surface area contributed by atoms with Crippen molar-refractivity contribution in [2.24, 2.45) is 7.05 Å². The van der Waals surface area contributed by atoms with Gasteiger partial charge in [-0.3, -0.25) is 18.9 Å². The molecule has 0 bridgehead atoms. The lowest BCUT2D eigenvalue weighted by Gasteiger charge is -2.20. The van der Waals surface area contributed by atoms with Crippen LogP contribution in [0.5, 0.6) is 0 Å². The van der Waals surface area contributed by atoms with E-state index in [9.17, 15) is 14.3 Å². The number of imidazole rings is 2. The van der Waals surface area contributed by atoms with Crippen LogP contribution in [-0.2, 0) is 30.2 Å². The van der Waals surface area contributed by atoms with Gasteiger partial charge in [0.25, 0.3) is 11.5 Å². The molecule has 5 atom stereocenters. The fourth-order valence-corrected chi connectivity index (χ4v) is 5.63. The Bertz CT molecular complexity index is 1560. The molecule has 38 heavy (non-hydrogen) atoms. The molecule has 0 spiro atoms. The molecule has 2 N–H and O–H groups in total. The first kappa shape index (κ1) is 25.0. The summed E-state index contributed by atoms with van der Waals surface area (Å²) in [7, 11) is 0.405. The zero-order valence-corrected chi connectivity index (χ0v) is 21.7. The Balaban J connectivity index is 1.36. The summed E-state index contributed by atoms with van der Waals surface area (Å²) in [4.78, 5) is 36.2. The van der Waals surface area contributed by atoms with Crippen molar-refractivity contribution in [3.8, 4) is 0 Å². The second-order valence-electron chi connectivity index (χ2n) is 9.33. The number of aromatic amines is 1. The molecule has 6 rings (SSSR count). The number of H-pyrrole nitrogens is 1. The monoisotopic (exact) mass is 542 g/mol. The predicted octanol–water partition coefficient (Wildman–Crippen LogP) is -0.446. The second-order valence-corrected chi connectivity index (χ2v) is 11.0. The van der Waals surface area contributed by atoms with Gasteiger partial charge in [0.15, 0.2) is 6.33 Å². The molecule has 0 amide bonds. The van der Waals surface area contributed by atoms with Crippen LogP contribution in [0.1, 0.15) is 6.23 Å². The Morgan fingerprint density at radius 1 is 1.26 bits per heavy atom. The van der Waals surface area contributed by atoms with Gasteiger partial charge in [0.1, 0.15) is 24.6 Å². The lowest BCUT2D eigenvalue weighted by molar-refractivity contribution is -0.744. The van der Waals surface area contributed by atoms with Gasteiger partial charge in [0.05, 0.1) is 13.7 Å². The third-order valence-electron chi connectivity index (χ3n) is 6.56. The van der Waals surface area contributed by atoms with E-state index in [1.54, 1.807) is 41.5 Å². The minimum Gasteiger partial charge on any atom is -0.399 e. The predicted molar refractivity (Wildman–Crippen MR) is 135 cm³/mol. The fraction of sp³-hybridized carbons (Fsp3) is 0.364. The summed E-state index contributed by atoms with van der Waals surface area (Å²) < 4.78 is 41.5. The van der Waals surface area contributed by atoms with Gasteiger partial charge in [-0.05, 0) is 5.46 Å². The smallest absolute Gasteiger partial charge is 0.399 e. The first-order valence-electron chi connectivity index (χ1n) is 11.9. The van der Waals surface area contributed by atoms with Crippen LogP contribution in [0, 0.1) is 0 Å². The van der Waals surface area contributed by atoms with E-state index in [1.807, 2.05) is 30.3 Å². The highest BCUT2D eigenvalue weighted by Gasteiger charge is 2.57. The molecular weight excluding hydrogens is 516 g/mol. The molecule has 1 unspecified atom stereocenters. The molecule has 0 radical (unpaired) electrons. The van der Waals surface area contributed by atoms with Crippen molar-refractivity contribution in [1.29, 1.82) is 0 Å². The molecule has 0 saturated carbocycles. The first-order chi connectivity index (χ1) is 18.2. The summed E-state index contributed by atoms with van der Waals surface area (Å²) in [6.45, 7) is -0.253. The van der Waals surface area contributed by atoms with Crippen LogP contribution in [0.2, 0.25) is 0 Å². The van der Waals surface area contributed by atoms with Gasteiger partial charge < -0.3 is 23.8 Å². The van der Waals surface area contributed by atoms with Crippen molar-refractivity contribution in [2.45, 2.75) is 24.5 Å². The second kappa shape index (κ2) is 9.45. The maximum absolute atomic E-state index is 12.9. The van der Waals surface area contributed by atoms with Crippen LogP contribution in [0.15, 0.2) is 60.2 Å². The van der Waals surface area contributed by atoms with Crippen LogP contribution in [0.4, 0.5) is 5.95 Å². The zero-order chi connectivity index (χ0) is 26.6. The molecule has 1 aromatic carbocycles. The Hall–Kier alpha value is -3.33. The van der Waals surface area contributed by atoms with E-state index in [0.717, 1.165) is 9.80 Å². The molecule has 16 heteroatoms. The van der Waals surface area contributed by atoms with Crippen molar-refractivity contribution in [3.63, 3.8) is 0 Å². The standard InChI is InChI=1S/C22H25BN7O7P/c1-27(2)22-25-19-16(20(31)26-22)28(3)13-30(19)21-18-17(36-23(37-18)14-7-5-4-6-8-14)15(35-21)11-34-38(32,33)29-10-9-24-12-29/h4-10,12-13,15,17-18,21H,11H2,1-3H3,(H-,25,26,31,32,33)/p+1/t15-,17-,18-,21-/m1/s1. The molecule has 2 aliphatic rings. The quantitative estimate of drug-likeness (QED) is 0.179. The molecule has 2 aliphatic heterocycles. The molecule has 198 valence electrons. The molecular formula is C22H26BN7O7P+. The number of nitrogens with one attached hydrogen (secondary N) is 1. The van der Waals surface area contributed by atoms with Gasteiger partial charge in [0, 0.05) is 26.5 Å². The third-order valence-corrected chi connectivity index (χ3v) is 7.87. The van der Waals surface area contributed by atoms with Gasteiger partial charge in [-0.15, -0.1) is 0 Å². The van der Waals surface area contributed by atoms with Gasteiger partial charge in [0.2, 0.25) is 11.7 Å². The van der Waals surface area contributed by atoms with E-state index in [0.29, 0.717) is 17.1 Å². The van der Waals surface area contributed by atoms with E-state index < -0.39 is 39.4 Å². The minimum absolute atomic E-state index is 0.253. The number of anilines is 1. The summed E-state index contributed by atoms with van der Waals surface area (Å²) in [6, 6.07) is 9.45. The Morgan fingerprint density at radius 2 is 2.03 bits per heavy atom. The molecule has 2 saturated heterocycles. The van der Waals surface area contributed by atoms with Gasteiger partial charge >= 0.3 is 20.5 Å². The molecule has 0 aliphatic carbocycles. The topological polar surface area (TPSA) is 150 Å². The van der Waals surface area contributed by atoms with Crippen LogP contribution >= 0.6 is 7.75 Å². The van der Waals surface area contributed by atoms with Gasteiger partial charge in [-0.25, -0.2) is 18.5 Å². The number of fused-ring (bicyclic) bond motifs is 2. The van der Waals surface area contributed by atoms with Crippen LogP contribution in [-0.4, -0.2) is 74.9 Å². The summed E-state index contributed by atoms with van der Waals surface area (Å²) >= 11 is 0. The van der Waals surface area contributed by atoms with E-state index in [1.165, 1.54) is 18.7 Å². The Morgan fingerprint density at radius 3 is 2.74 bits per heavy atom. The van der Waals surface area contributed by atoms with E-state index in [-0.39, 0.29) is 12.2 Å². The van der Waals surface area contributed by atoms with Crippen LogP contribution in [0.25, 0.3) is 11.2 Å². The molecule has 4 aromatic rings. The maximum Gasteiger partial charge on any atom is 0.494 e. The highest BCUT2D eigenvalue weighted by atomic mass is 31.2. The lowest BCUT2D eigenvalue weighted by atomic mass is 9.79. The van der Waals surface area contributed by atoms with Crippen molar-refractivity contribution < 1.29 is 32.6 Å². The third kappa shape index (κ3) is 4.26. The highest BCUT2D eigenvalue weighted by Crippen LogP contribution is 2.45. The van der Waals surface area contributed by atoms with E-state index in [4.69, 9.17) is 18.6 Å². The van der Waals surface area contributed by atoms with E-state index >= 15 is 0 Å².